The standard InChI is InChI=1S/C15H16N2O3S/c16-21(18,19)12-8-9-15(17-10-12)20-14-7-3-5-11-4-1-2-6-13(11)14/h1-2,4,6,8-10,14H,3,5,7H2,(H2,16,18,19). The van der Waals surface area contributed by atoms with Gasteiger partial charge in [-0.3, -0.25) is 0 Å². The van der Waals surface area contributed by atoms with Crippen molar-refractivity contribution in [1.29, 1.82) is 0 Å². The zero-order valence-electron chi connectivity index (χ0n) is 11.4. The molecule has 3 rings (SSSR count). The number of pyridine rings is 1. The van der Waals surface area contributed by atoms with Crippen molar-refractivity contribution in [3.05, 3.63) is 53.7 Å². The summed E-state index contributed by atoms with van der Waals surface area (Å²) in [6, 6.07) is 11.2. The maximum atomic E-state index is 11.2. The van der Waals surface area contributed by atoms with Gasteiger partial charge in [-0.15, -0.1) is 0 Å². The summed E-state index contributed by atoms with van der Waals surface area (Å²) in [4.78, 5) is 4.02. The molecule has 6 heteroatoms. The molecule has 0 radical (unpaired) electrons. The van der Waals surface area contributed by atoms with Crippen molar-refractivity contribution in [2.24, 2.45) is 5.14 Å². The highest BCUT2D eigenvalue weighted by Crippen LogP contribution is 2.32. The molecule has 1 aromatic heterocycles. The number of hydrogen-bond donors (Lipinski definition) is 1. The van der Waals surface area contributed by atoms with Gasteiger partial charge in [-0.1, -0.05) is 24.3 Å². The second kappa shape index (κ2) is 5.46. The Hall–Kier alpha value is -1.92. The van der Waals surface area contributed by atoms with E-state index in [1.165, 1.54) is 29.5 Å². The first-order chi connectivity index (χ1) is 10.0. The maximum absolute atomic E-state index is 11.2. The number of aromatic nitrogens is 1. The Labute approximate surface area is 123 Å². The van der Waals surface area contributed by atoms with Gasteiger partial charge in [0.25, 0.3) is 0 Å². The van der Waals surface area contributed by atoms with E-state index in [1.54, 1.807) is 0 Å². The number of sulfonamides is 1. The van der Waals surface area contributed by atoms with Crippen molar-refractivity contribution in [2.45, 2.75) is 30.3 Å². The van der Waals surface area contributed by atoms with Crippen LogP contribution in [0.4, 0.5) is 0 Å². The van der Waals surface area contributed by atoms with E-state index in [9.17, 15) is 8.42 Å². The van der Waals surface area contributed by atoms with Gasteiger partial charge in [0.15, 0.2) is 0 Å². The molecule has 0 bridgehead atoms. The fraction of sp³-hybridized carbons (Fsp3) is 0.267. The average Bonchev–Trinajstić information content (AvgIpc) is 2.47. The molecule has 1 aromatic carbocycles. The number of rotatable bonds is 3. The Morgan fingerprint density at radius 3 is 2.71 bits per heavy atom. The van der Waals surface area contributed by atoms with Crippen LogP contribution in [0.15, 0.2) is 47.5 Å². The number of nitrogens with two attached hydrogens (primary N) is 1. The van der Waals surface area contributed by atoms with Crippen LogP contribution in [-0.4, -0.2) is 13.4 Å². The number of primary sulfonamides is 1. The first kappa shape index (κ1) is 14.0. The van der Waals surface area contributed by atoms with Crippen LogP contribution in [0.3, 0.4) is 0 Å². The summed E-state index contributed by atoms with van der Waals surface area (Å²) in [5.41, 5.74) is 2.48. The lowest BCUT2D eigenvalue weighted by atomic mass is 9.89. The summed E-state index contributed by atoms with van der Waals surface area (Å²) >= 11 is 0. The second-order valence-electron chi connectivity index (χ2n) is 5.07. The number of benzene rings is 1. The molecular formula is C15H16N2O3S. The summed E-state index contributed by atoms with van der Waals surface area (Å²) in [6.45, 7) is 0. The van der Waals surface area contributed by atoms with E-state index in [1.807, 2.05) is 12.1 Å². The molecule has 2 N–H and O–H groups in total. The Morgan fingerprint density at radius 1 is 1.19 bits per heavy atom. The third-order valence-electron chi connectivity index (χ3n) is 3.62. The number of fused-ring (bicyclic) bond motifs is 1. The highest BCUT2D eigenvalue weighted by molar-refractivity contribution is 7.89. The highest BCUT2D eigenvalue weighted by atomic mass is 32.2. The van der Waals surface area contributed by atoms with Gasteiger partial charge in [-0.25, -0.2) is 18.5 Å². The fourth-order valence-electron chi connectivity index (χ4n) is 2.58. The molecule has 0 saturated carbocycles. The van der Waals surface area contributed by atoms with Gasteiger partial charge in [0, 0.05) is 6.07 Å². The average molecular weight is 304 g/mol. The van der Waals surface area contributed by atoms with Gasteiger partial charge in [0.2, 0.25) is 15.9 Å². The molecule has 1 atom stereocenters. The van der Waals surface area contributed by atoms with Crippen molar-refractivity contribution in [3.63, 3.8) is 0 Å². The summed E-state index contributed by atoms with van der Waals surface area (Å²) in [5, 5.41) is 5.05. The Balaban J connectivity index is 1.82. The minimum Gasteiger partial charge on any atom is -0.469 e. The predicted molar refractivity (Wildman–Crippen MR) is 78.4 cm³/mol. The molecule has 110 valence electrons. The topological polar surface area (TPSA) is 82.3 Å². The first-order valence-corrected chi connectivity index (χ1v) is 8.32. The number of aryl methyl sites for hydroxylation is 1. The largest absolute Gasteiger partial charge is 0.469 e. The van der Waals surface area contributed by atoms with Gasteiger partial charge in [-0.2, -0.15) is 0 Å². The first-order valence-electron chi connectivity index (χ1n) is 6.77. The SMILES string of the molecule is NS(=O)(=O)c1ccc(OC2CCCc3ccccc32)nc1. The fourth-order valence-corrected chi connectivity index (χ4v) is 3.04. The Bertz CT molecular complexity index is 742. The summed E-state index contributed by atoms with van der Waals surface area (Å²) < 4.78 is 28.3. The molecule has 21 heavy (non-hydrogen) atoms. The van der Waals surface area contributed by atoms with Crippen LogP contribution in [0.5, 0.6) is 5.88 Å². The third-order valence-corrected chi connectivity index (χ3v) is 4.51. The van der Waals surface area contributed by atoms with Gasteiger partial charge in [-0.05, 0) is 36.5 Å². The van der Waals surface area contributed by atoms with E-state index in [0.29, 0.717) is 5.88 Å². The van der Waals surface area contributed by atoms with Crippen LogP contribution in [-0.2, 0) is 16.4 Å². The minimum atomic E-state index is -3.72. The molecule has 1 aliphatic carbocycles. The summed E-state index contributed by atoms with van der Waals surface area (Å²) in [6.07, 6.45) is 4.24. The van der Waals surface area contributed by atoms with Crippen LogP contribution in [0.2, 0.25) is 0 Å². The van der Waals surface area contributed by atoms with Crippen molar-refractivity contribution in [3.8, 4) is 5.88 Å². The Kier molecular flexibility index (Phi) is 3.65. The lowest BCUT2D eigenvalue weighted by molar-refractivity contribution is 0.175. The smallest absolute Gasteiger partial charge is 0.239 e. The second-order valence-corrected chi connectivity index (χ2v) is 6.64. The molecule has 5 nitrogen and oxygen atoms in total. The molecule has 1 heterocycles. The highest BCUT2D eigenvalue weighted by Gasteiger charge is 2.21. The molecule has 0 fully saturated rings. The van der Waals surface area contributed by atoms with Gasteiger partial charge in [0.05, 0.1) is 6.20 Å². The summed E-state index contributed by atoms with van der Waals surface area (Å²) in [7, 11) is -3.72. The van der Waals surface area contributed by atoms with Crippen LogP contribution in [0.25, 0.3) is 0 Å². The van der Waals surface area contributed by atoms with E-state index in [2.05, 4.69) is 17.1 Å². The van der Waals surface area contributed by atoms with Crippen LogP contribution in [0, 0.1) is 0 Å². The Morgan fingerprint density at radius 2 is 2.00 bits per heavy atom. The zero-order valence-corrected chi connectivity index (χ0v) is 12.2. The van der Waals surface area contributed by atoms with Gasteiger partial charge < -0.3 is 4.74 Å². The van der Waals surface area contributed by atoms with E-state index in [0.717, 1.165) is 19.3 Å². The molecule has 0 spiro atoms. The van der Waals surface area contributed by atoms with Crippen LogP contribution < -0.4 is 9.88 Å². The monoisotopic (exact) mass is 304 g/mol. The third kappa shape index (κ3) is 3.06. The van der Waals surface area contributed by atoms with E-state index < -0.39 is 10.0 Å². The normalized spacial score (nSPS) is 18.0. The summed E-state index contributed by atoms with van der Waals surface area (Å²) in [5.74, 6) is 0.407. The van der Waals surface area contributed by atoms with Crippen molar-refractivity contribution < 1.29 is 13.2 Å². The molecule has 2 aromatic rings. The van der Waals surface area contributed by atoms with Crippen LogP contribution >= 0.6 is 0 Å². The van der Waals surface area contributed by atoms with Crippen molar-refractivity contribution in [1.82, 2.24) is 4.98 Å². The predicted octanol–water partition coefficient (Wildman–Crippen LogP) is 2.19. The molecular weight excluding hydrogens is 288 g/mol. The number of hydrogen-bond acceptors (Lipinski definition) is 4. The van der Waals surface area contributed by atoms with Crippen LogP contribution in [0.1, 0.15) is 30.1 Å². The maximum Gasteiger partial charge on any atom is 0.239 e. The van der Waals surface area contributed by atoms with Crippen molar-refractivity contribution in [2.75, 3.05) is 0 Å². The van der Waals surface area contributed by atoms with E-state index in [-0.39, 0.29) is 11.0 Å². The molecule has 0 saturated heterocycles. The lowest BCUT2D eigenvalue weighted by Crippen LogP contribution is -2.16. The van der Waals surface area contributed by atoms with E-state index in [4.69, 9.17) is 9.88 Å². The number of ether oxygens (including phenoxy) is 1. The van der Waals surface area contributed by atoms with E-state index >= 15 is 0 Å². The number of nitrogens with zero attached hydrogens (tertiary/aromatic N) is 1. The zero-order chi connectivity index (χ0) is 14.9. The minimum absolute atomic E-state index is 0.0149. The molecule has 0 aliphatic heterocycles. The van der Waals surface area contributed by atoms with Crippen molar-refractivity contribution >= 4 is 10.0 Å². The van der Waals surface area contributed by atoms with Gasteiger partial charge >= 0.3 is 0 Å². The van der Waals surface area contributed by atoms with Gasteiger partial charge in [0.1, 0.15) is 11.0 Å². The quantitative estimate of drug-likeness (QED) is 0.942. The molecule has 1 aliphatic rings. The molecule has 0 amide bonds. The lowest BCUT2D eigenvalue weighted by Gasteiger charge is -2.25. The molecule has 1 unspecified atom stereocenters.